The summed E-state index contributed by atoms with van der Waals surface area (Å²) in [7, 11) is 0. The molecular formula is C21H30N2O3. The molecule has 1 aromatic carbocycles. The van der Waals surface area contributed by atoms with Gasteiger partial charge in [0.2, 0.25) is 5.91 Å². The van der Waals surface area contributed by atoms with Crippen molar-refractivity contribution in [3.63, 3.8) is 0 Å². The average molecular weight is 358 g/mol. The zero-order valence-electron chi connectivity index (χ0n) is 15.8. The highest BCUT2D eigenvalue weighted by Gasteiger charge is 2.32. The van der Waals surface area contributed by atoms with Gasteiger partial charge in [0.15, 0.2) is 11.5 Å². The third kappa shape index (κ3) is 3.54. The van der Waals surface area contributed by atoms with Gasteiger partial charge >= 0.3 is 0 Å². The minimum Gasteiger partial charge on any atom is -0.486 e. The maximum Gasteiger partial charge on any atom is 0.237 e. The molecule has 4 rings (SSSR count). The zero-order chi connectivity index (χ0) is 17.9. The van der Waals surface area contributed by atoms with Crippen LogP contribution >= 0.6 is 0 Å². The normalized spacial score (nSPS) is 26.1. The van der Waals surface area contributed by atoms with Crippen molar-refractivity contribution in [2.45, 2.75) is 57.5 Å². The largest absolute Gasteiger partial charge is 0.486 e. The minimum atomic E-state index is 0.305. The molecule has 1 aromatic rings. The molecule has 5 nitrogen and oxygen atoms in total. The van der Waals surface area contributed by atoms with E-state index in [4.69, 9.17) is 9.47 Å². The summed E-state index contributed by atoms with van der Waals surface area (Å²) in [6.45, 7) is 5.89. The Labute approximate surface area is 156 Å². The number of ether oxygens (including phenoxy) is 2. The van der Waals surface area contributed by atoms with Crippen LogP contribution in [0.3, 0.4) is 0 Å². The Morgan fingerprint density at radius 1 is 1.08 bits per heavy atom. The molecule has 2 fully saturated rings. The molecule has 0 N–H and O–H groups in total. The molecule has 2 atom stereocenters. The van der Waals surface area contributed by atoms with Gasteiger partial charge in [0.25, 0.3) is 0 Å². The molecule has 3 aliphatic heterocycles. The van der Waals surface area contributed by atoms with E-state index in [1.54, 1.807) is 0 Å². The number of fused-ring (bicyclic) bond motifs is 1. The fraction of sp³-hybridized carbons (Fsp3) is 0.667. The van der Waals surface area contributed by atoms with Crippen LogP contribution in [-0.2, 0) is 4.79 Å². The van der Waals surface area contributed by atoms with Gasteiger partial charge in [0, 0.05) is 18.6 Å². The van der Waals surface area contributed by atoms with Crippen LogP contribution < -0.4 is 9.47 Å². The van der Waals surface area contributed by atoms with Crippen LogP contribution in [0.5, 0.6) is 11.5 Å². The van der Waals surface area contributed by atoms with Crippen molar-refractivity contribution in [1.29, 1.82) is 0 Å². The van der Waals surface area contributed by atoms with E-state index in [2.05, 4.69) is 28.9 Å². The highest BCUT2D eigenvalue weighted by Crippen LogP contribution is 2.38. The first-order valence-electron chi connectivity index (χ1n) is 10.2. The summed E-state index contributed by atoms with van der Waals surface area (Å²) in [5.74, 6) is 1.98. The molecule has 26 heavy (non-hydrogen) atoms. The van der Waals surface area contributed by atoms with Crippen LogP contribution in [0.15, 0.2) is 18.2 Å². The van der Waals surface area contributed by atoms with Crippen LogP contribution in [0.1, 0.15) is 57.1 Å². The molecule has 0 bridgehead atoms. The van der Waals surface area contributed by atoms with Crippen LogP contribution in [0.2, 0.25) is 0 Å². The van der Waals surface area contributed by atoms with E-state index in [0.29, 0.717) is 37.7 Å². The van der Waals surface area contributed by atoms with Gasteiger partial charge in [0.1, 0.15) is 13.2 Å². The fourth-order valence-electron chi connectivity index (χ4n) is 4.68. The van der Waals surface area contributed by atoms with E-state index in [9.17, 15) is 4.79 Å². The number of carbonyl (C=O) groups excluding carboxylic acids is 1. The van der Waals surface area contributed by atoms with Crippen molar-refractivity contribution < 1.29 is 14.3 Å². The second kappa shape index (κ2) is 7.87. The molecule has 5 heteroatoms. The quantitative estimate of drug-likeness (QED) is 0.827. The molecule has 3 aliphatic rings. The van der Waals surface area contributed by atoms with E-state index in [1.807, 2.05) is 6.07 Å². The maximum absolute atomic E-state index is 13.0. The number of hydrogen-bond acceptors (Lipinski definition) is 4. The molecule has 0 aliphatic carbocycles. The van der Waals surface area contributed by atoms with Gasteiger partial charge in [0.05, 0.1) is 6.54 Å². The summed E-state index contributed by atoms with van der Waals surface area (Å²) in [5, 5.41) is 0. The van der Waals surface area contributed by atoms with Crippen molar-refractivity contribution in [2.75, 3.05) is 32.8 Å². The Hall–Kier alpha value is -1.75. The molecule has 0 radical (unpaired) electrons. The van der Waals surface area contributed by atoms with Gasteiger partial charge in [-0.2, -0.15) is 0 Å². The van der Waals surface area contributed by atoms with Crippen molar-refractivity contribution >= 4 is 5.91 Å². The molecule has 0 spiro atoms. The second-order valence-corrected chi connectivity index (χ2v) is 7.68. The standard InChI is InChI=1S/C21H30N2O3/c1-2-17-6-3-4-11-23(17)21(24)15-22-10-5-7-18(22)16-8-9-19-20(14-16)26-13-12-25-19/h8-9,14,17-18H,2-7,10-13,15H2,1H3. The maximum atomic E-state index is 13.0. The fourth-order valence-corrected chi connectivity index (χ4v) is 4.68. The van der Waals surface area contributed by atoms with E-state index < -0.39 is 0 Å². The van der Waals surface area contributed by atoms with Crippen LogP contribution in [0, 0.1) is 0 Å². The first kappa shape index (κ1) is 17.7. The van der Waals surface area contributed by atoms with E-state index in [-0.39, 0.29) is 0 Å². The Bertz CT molecular complexity index is 648. The molecule has 3 heterocycles. The summed E-state index contributed by atoms with van der Waals surface area (Å²) in [6, 6.07) is 7.00. The highest BCUT2D eigenvalue weighted by molar-refractivity contribution is 5.78. The van der Waals surface area contributed by atoms with Crippen LogP contribution in [0.4, 0.5) is 0 Å². The van der Waals surface area contributed by atoms with Gasteiger partial charge in [-0.1, -0.05) is 13.0 Å². The molecule has 2 saturated heterocycles. The summed E-state index contributed by atoms with van der Waals surface area (Å²) in [5.41, 5.74) is 1.24. The van der Waals surface area contributed by atoms with E-state index >= 15 is 0 Å². The number of rotatable bonds is 4. The third-order valence-electron chi connectivity index (χ3n) is 6.07. The van der Waals surface area contributed by atoms with E-state index in [1.165, 1.54) is 12.0 Å². The number of benzene rings is 1. The van der Waals surface area contributed by atoms with E-state index in [0.717, 1.165) is 56.7 Å². The minimum absolute atomic E-state index is 0.305. The Morgan fingerprint density at radius 2 is 1.92 bits per heavy atom. The van der Waals surface area contributed by atoms with Crippen molar-refractivity contribution in [3.05, 3.63) is 23.8 Å². The van der Waals surface area contributed by atoms with Gasteiger partial charge < -0.3 is 14.4 Å². The molecule has 0 saturated carbocycles. The third-order valence-corrected chi connectivity index (χ3v) is 6.07. The molecule has 142 valence electrons. The van der Waals surface area contributed by atoms with Gasteiger partial charge in [-0.15, -0.1) is 0 Å². The van der Waals surface area contributed by atoms with Gasteiger partial charge in [-0.3, -0.25) is 9.69 Å². The van der Waals surface area contributed by atoms with Crippen LogP contribution in [0.25, 0.3) is 0 Å². The lowest BCUT2D eigenvalue weighted by atomic mass is 9.99. The lowest BCUT2D eigenvalue weighted by Crippen LogP contribution is -2.47. The number of carbonyl (C=O) groups is 1. The Kier molecular flexibility index (Phi) is 5.34. The predicted molar refractivity (Wildman–Crippen MR) is 101 cm³/mol. The first-order chi connectivity index (χ1) is 12.8. The monoisotopic (exact) mass is 358 g/mol. The number of hydrogen-bond donors (Lipinski definition) is 0. The molecule has 2 unspecified atom stereocenters. The lowest BCUT2D eigenvalue weighted by Gasteiger charge is -2.37. The van der Waals surface area contributed by atoms with Crippen molar-refractivity contribution in [2.24, 2.45) is 0 Å². The predicted octanol–water partition coefficient (Wildman–Crippen LogP) is 3.39. The first-order valence-corrected chi connectivity index (χ1v) is 10.2. The number of likely N-dealkylation sites (tertiary alicyclic amines) is 2. The average Bonchev–Trinajstić information content (AvgIpc) is 3.15. The zero-order valence-corrected chi connectivity index (χ0v) is 15.8. The Balaban J connectivity index is 1.45. The highest BCUT2D eigenvalue weighted by atomic mass is 16.6. The Morgan fingerprint density at radius 3 is 2.77 bits per heavy atom. The number of piperidine rings is 1. The van der Waals surface area contributed by atoms with Gasteiger partial charge in [-0.05, 0) is 62.8 Å². The van der Waals surface area contributed by atoms with Crippen LogP contribution in [-0.4, -0.2) is 54.6 Å². The molecule has 1 amide bonds. The summed E-state index contributed by atoms with van der Waals surface area (Å²) in [6.07, 6.45) is 6.87. The topological polar surface area (TPSA) is 42.0 Å². The molecular weight excluding hydrogens is 328 g/mol. The van der Waals surface area contributed by atoms with Gasteiger partial charge in [-0.25, -0.2) is 0 Å². The number of nitrogens with zero attached hydrogens (tertiary/aromatic N) is 2. The summed E-state index contributed by atoms with van der Waals surface area (Å²) >= 11 is 0. The molecule has 0 aromatic heterocycles. The van der Waals surface area contributed by atoms with Crippen molar-refractivity contribution in [3.8, 4) is 11.5 Å². The summed E-state index contributed by atoms with van der Waals surface area (Å²) < 4.78 is 11.4. The SMILES string of the molecule is CCC1CCCCN1C(=O)CN1CCCC1c1ccc2c(c1)OCCO2. The smallest absolute Gasteiger partial charge is 0.237 e. The van der Waals surface area contributed by atoms with Crippen molar-refractivity contribution in [1.82, 2.24) is 9.80 Å². The number of amides is 1. The lowest BCUT2D eigenvalue weighted by molar-refractivity contribution is -0.136. The summed E-state index contributed by atoms with van der Waals surface area (Å²) in [4.78, 5) is 17.5. The second-order valence-electron chi connectivity index (χ2n) is 7.68.